The lowest BCUT2D eigenvalue weighted by Gasteiger charge is -2.32. The minimum absolute atomic E-state index is 0. The second-order valence-electron chi connectivity index (χ2n) is 5.88. The monoisotopic (exact) mass is 339 g/mol. The Balaban J connectivity index is 0.00000200. The zero-order valence-electron chi connectivity index (χ0n) is 13.6. The molecular formula is C15H31Cl2N3O. The van der Waals surface area contributed by atoms with Crippen LogP contribution in [0, 0.1) is 0 Å². The maximum atomic E-state index is 12.8. The van der Waals surface area contributed by atoms with Crippen LogP contribution in [-0.4, -0.2) is 60.0 Å². The van der Waals surface area contributed by atoms with Crippen molar-refractivity contribution in [2.45, 2.75) is 58.0 Å². The summed E-state index contributed by atoms with van der Waals surface area (Å²) in [5.74, 6) is 0.349. The van der Waals surface area contributed by atoms with Gasteiger partial charge in [-0.2, -0.15) is 0 Å². The van der Waals surface area contributed by atoms with Crippen molar-refractivity contribution in [3.05, 3.63) is 0 Å². The van der Waals surface area contributed by atoms with E-state index < -0.39 is 0 Å². The van der Waals surface area contributed by atoms with Crippen LogP contribution >= 0.6 is 24.8 Å². The Bertz CT molecular complexity index is 318. The minimum atomic E-state index is -0.252. The first kappa shape index (κ1) is 21.0. The summed E-state index contributed by atoms with van der Waals surface area (Å²) < 4.78 is 0. The van der Waals surface area contributed by atoms with Gasteiger partial charge in [-0.1, -0.05) is 20.8 Å². The van der Waals surface area contributed by atoms with Gasteiger partial charge in [0.2, 0.25) is 5.91 Å². The number of halogens is 2. The summed E-state index contributed by atoms with van der Waals surface area (Å²) in [5, 5.41) is 3.46. The number of nitrogens with zero attached hydrogens (tertiary/aromatic N) is 2. The van der Waals surface area contributed by atoms with Gasteiger partial charge in [-0.05, 0) is 45.3 Å². The van der Waals surface area contributed by atoms with Gasteiger partial charge in [0.25, 0.3) is 0 Å². The highest BCUT2D eigenvalue weighted by Gasteiger charge is 2.43. The van der Waals surface area contributed by atoms with E-state index in [0.717, 1.165) is 58.4 Å². The molecule has 1 N–H and O–H groups in total. The molecule has 2 rings (SSSR count). The van der Waals surface area contributed by atoms with Gasteiger partial charge in [0.1, 0.15) is 0 Å². The quantitative estimate of drug-likeness (QED) is 0.834. The Labute approximate surface area is 141 Å². The molecule has 0 spiro atoms. The number of nitrogens with one attached hydrogen (secondary N) is 1. The first-order valence-corrected chi connectivity index (χ1v) is 7.95. The molecule has 2 fully saturated rings. The fourth-order valence-corrected chi connectivity index (χ4v) is 3.71. The summed E-state index contributed by atoms with van der Waals surface area (Å²) in [6.07, 6.45) is 4.19. The first-order chi connectivity index (χ1) is 9.16. The molecule has 0 aliphatic carbocycles. The number of rotatable bonds is 5. The number of hydrogen-bond donors (Lipinski definition) is 1. The van der Waals surface area contributed by atoms with Crippen LogP contribution in [0.25, 0.3) is 0 Å². The van der Waals surface area contributed by atoms with Crippen molar-refractivity contribution in [1.82, 2.24) is 15.1 Å². The van der Waals surface area contributed by atoms with Crippen molar-refractivity contribution in [2.75, 3.05) is 32.7 Å². The standard InChI is InChI=1S/C15H29N3O.2ClH/c1-4-15(9-7-10-16-15)14(19)18-11-8-13(12-18)17(5-2)6-3;;/h13,16H,4-12H2,1-3H3;2*1H. The number of carbonyl (C=O) groups excluding carboxylic acids is 1. The second-order valence-corrected chi connectivity index (χ2v) is 5.88. The van der Waals surface area contributed by atoms with E-state index in [9.17, 15) is 4.79 Å². The molecule has 6 heteroatoms. The van der Waals surface area contributed by atoms with E-state index in [1.165, 1.54) is 0 Å². The third kappa shape index (κ3) is 4.25. The van der Waals surface area contributed by atoms with Gasteiger partial charge < -0.3 is 10.2 Å². The second kappa shape index (κ2) is 9.19. The molecule has 0 aromatic heterocycles. The molecule has 0 aromatic rings. The van der Waals surface area contributed by atoms with Crippen molar-refractivity contribution in [3.8, 4) is 0 Å². The minimum Gasteiger partial charge on any atom is -0.339 e. The lowest BCUT2D eigenvalue weighted by Crippen LogP contribution is -2.54. The van der Waals surface area contributed by atoms with Crippen molar-refractivity contribution < 1.29 is 4.79 Å². The molecule has 4 nitrogen and oxygen atoms in total. The van der Waals surface area contributed by atoms with Gasteiger partial charge in [-0.3, -0.25) is 9.69 Å². The maximum Gasteiger partial charge on any atom is 0.242 e. The van der Waals surface area contributed by atoms with Gasteiger partial charge >= 0.3 is 0 Å². The van der Waals surface area contributed by atoms with Gasteiger partial charge in [0.05, 0.1) is 5.54 Å². The van der Waals surface area contributed by atoms with Crippen LogP contribution in [0.5, 0.6) is 0 Å². The summed E-state index contributed by atoms with van der Waals surface area (Å²) in [7, 11) is 0. The molecule has 2 aliphatic rings. The van der Waals surface area contributed by atoms with Crippen molar-refractivity contribution in [2.24, 2.45) is 0 Å². The highest BCUT2D eigenvalue weighted by Crippen LogP contribution is 2.28. The molecule has 21 heavy (non-hydrogen) atoms. The summed E-state index contributed by atoms with van der Waals surface area (Å²) in [6, 6.07) is 0.564. The van der Waals surface area contributed by atoms with Gasteiger partial charge in [-0.15, -0.1) is 24.8 Å². The smallest absolute Gasteiger partial charge is 0.242 e. The van der Waals surface area contributed by atoms with Crippen LogP contribution in [0.3, 0.4) is 0 Å². The fourth-order valence-electron chi connectivity index (χ4n) is 3.71. The molecule has 1 amide bonds. The predicted octanol–water partition coefficient (Wildman–Crippen LogP) is 2.30. The average Bonchev–Trinajstić information content (AvgIpc) is 3.09. The molecule has 126 valence electrons. The highest BCUT2D eigenvalue weighted by atomic mass is 35.5. The Hall–Kier alpha value is -0.0300. The summed E-state index contributed by atoms with van der Waals surface area (Å²) in [6.45, 7) is 11.6. The number of carbonyl (C=O) groups is 1. The van der Waals surface area contributed by atoms with E-state index in [1.807, 2.05) is 0 Å². The van der Waals surface area contributed by atoms with E-state index in [1.54, 1.807) is 0 Å². The molecule has 2 heterocycles. The molecule has 0 saturated carbocycles. The number of hydrogen-bond acceptors (Lipinski definition) is 3. The molecule has 0 bridgehead atoms. The van der Waals surface area contributed by atoms with Gasteiger partial charge in [-0.25, -0.2) is 0 Å². The molecule has 0 aromatic carbocycles. The third-order valence-electron chi connectivity index (χ3n) is 5.04. The van der Waals surface area contributed by atoms with E-state index in [4.69, 9.17) is 0 Å². The van der Waals surface area contributed by atoms with E-state index >= 15 is 0 Å². The average molecular weight is 340 g/mol. The largest absolute Gasteiger partial charge is 0.339 e. The molecule has 2 saturated heterocycles. The lowest BCUT2D eigenvalue weighted by atomic mass is 9.92. The summed E-state index contributed by atoms with van der Waals surface area (Å²) in [5.41, 5.74) is -0.252. The zero-order chi connectivity index (χ0) is 13.9. The van der Waals surface area contributed by atoms with E-state index in [2.05, 4.69) is 35.9 Å². The number of likely N-dealkylation sites (tertiary alicyclic amines) is 1. The Morgan fingerprint density at radius 1 is 1.29 bits per heavy atom. The van der Waals surface area contributed by atoms with Crippen molar-refractivity contribution >= 4 is 30.7 Å². The number of amides is 1. The Morgan fingerprint density at radius 3 is 2.43 bits per heavy atom. The zero-order valence-corrected chi connectivity index (χ0v) is 15.2. The molecule has 2 unspecified atom stereocenters. The van der Waals surface area contributed by atoms with Crippen LogP contribution in [-0.2, 0) is 4.79 Å². The Kier molecular flexibility index (Phi) is 9.17. The third-order valence-corrected chi connectivity index (χ3v) is 5.04. The van der Waals surface area contributed by atoms with Crippen LogP contribution in [0.4, 0.5) is 0 Å². The topological polar surface area (TPSA) is 35.6 Å². The summed E-state index contributed by atoms with van der Waals surface area (Å²) >= 11 is 0. The summed E-state index contributed by atoms with van der Waals surface area (Å²) in [4.78, 5) is 17.4. The lowest BCUT2D eigenvalue weighted by molar-refractivity contribution is -0.137. The van der Waals surface area contributed by atoms with Crippen LogP contribution in [0.1, 0.15) is 46.5 Å². The molecular weight excluding hydrogens is 309 g/mol. The number of likely N-dealkylation sites (N-methyl/N-ethyl adjacent to an activating group) is 1. The van der Waals surface area contributed by atoms with Gasteiger partial charge in [0, 0.05) is 19.1 Å². The molecule has 0 radical (unpaired) electrons. The molecule has 2 aliphatic heterocycles. The SMILES string of the molecule is CCN(CC)C1CCN(C(=O)C2(CC)CCCN2)C1.Cl.Cl. The van der Waals surface area contributed by atoms with Crippen LogP contribution < -0.4 is 5.32 Å². The van der Waals surface area contributed by atoms with Crippen molar-refractivity contribution in [3.63, 3.8) is 0 Å². The highest BCUT2D eigenvalue weighted by molar-refractivity contribution is 5.87. The van der Waals surface area contributed by atoms with Crippen LogP contribution in [0.15, 0.2) is 0 Å². The van der Waals surface area contributed by atoms with Crippen molar-refractivity contribution in [1.29, 1.82) is 0 Å². The molecule has 2 atom stereocenters. The van der Waals surface area contributed by atoms with E-state index in [-0.39, 0.29) is 30.4 Å². The van der Waals surface area contributed by atoms with E-state index in [0.29, 0.717) is 11.9 Å². The maximum absolute atomic E-state index is 12.8. The fraction of sp³-hybridized carbons (Fsp3) is 0.933. The first-order valence-electron chi connectivity index (χ1n) is 7.95. The van der Waals surface area contributed by atoms with Gasteiger partial charge in [0.15, 0.2) is 0 Å². The predicted molar refractivity (Wildman–Crippen MR) is 92.7 cm³/mol. The normalized spacial score (nSPS) is 28.4. The van der Waals surface area contributed by atoms with Crippen LogP contribution in [0.2, 0.25) is 0 Å². The Morgan fingerprint density at radius 2 is 1.95 bits per heavy atom.